The summed E-state index contributed by atoms with van der Waals surface area (Å²) < 4.78 is 11.2. The molecule has 2 aliphatic rings. The lowest BCUT2D eigenvalue weighted by molar-refractivity contribution is 0.0166. The summed E-state index contributed by atoms with van der Waals surface area (Å²) in [6.45, 7) is 5.79. The van der Waals surface area contributed by atoms with Crippen molar-refractivity contribution in [2.24, 2.45) is 11.8 Å². The summed E-state index contributed by atoms with van der Waals surface area (Å²) in [5.74, 6) is 0.991. The third-order valence-corrected chi connectivity index (χ3v) is 2.91. The van der Waals surface area contributed by atoms with E-state index in [1.807, 2.05) is 0 Å². The number of hydrogen-bond donors (Lipinski definition) is 0. The van der Waals surface area contributed by atoms with Gasteiger partial charge < -0.3 is 9.47 Å². The molecule has 4 unspecified atom stereocenters. The van der Waals surface area contributed by atoms with Gasteiger partial charge in [0, 0.05) is 11.8 Å². The lowest BCUT2D eigenvalue weighted by Crippen LogP contribution is -2.29. The van der Waals surface area contributed by atoms with Gasteiger partial charge in [-0.05, 0) is 13.8 Å². The van der Waals surface area contributed by atoms with Gasteiger partial charge in [-0.1, -0.05) is 24.3 Å². The number of rotatable bonds is 1. The molecular weight excluding hydrogens is 176 g/mol. The van der Waals surface area contributed by atoms with Crippen molar-refractivity contribution in [1.82, 2.24) is 0 Å². The van der Waals surface area contributed by atoms with Crippen LogP contribution in [0.1, 0.15) is 13.8 Å². The Morgan fingerprint density at radius 1 is 0.786 bits per heavy atom. The molecule has 2 heterocycles. The first-order valence-electron chi connectivity index (χ1n) is 5.35. The molecule has 0 bridgehead atoms. The molecule has 0 aliphatic carbocycles. The molecule has 2 nitrogen and oxygen atoms in total. The Kier molecular flexibility index (Phi) is 3.04. The third kappa shape index (κ3) is 2.25. The lowest BCUT2D eigenvalue weighted by Gasteiger charge is -2.30. The number of ether oxygens (including phenoxy) is 2. The van der Waals surface area contributed by atoms with Gasteiger partial charge >= 0.3 is 0 Å². The molecule has 0 aromatic heterocycles. The molecule has 78 valence electrons. The first kappa shape index (κ1) is 9.94. The molecule has 0 radical (unpaired) electrons. The van der Waals surface area contributed by atoms with Crippen LogP contribution in [0.4, 0.5) is 0 Å². The van der Waals surface area contributed by atoms with Crippen molar-refractivity contribution < 1.29 is 9.47 Å². The van der Waals surface area contributed by atoms with E-state index in [-0.39, 0.29) is 12.2 Å². The second-order valence-corrected chi connectivity index (χ2v) is 4.17. The highest BCUT2D eigenvalue weighted by Gasteiger charge is 2.23. The summed E-state index contributed by atoms with van der Waals surface area (Å²) in [7, 11) is 0. The van der Waals surface area contributed by atoms with Crippen LogP contribution in [0.3, 0.4) is 0 Å². The lowest BCUT2D eigenvalue weighted by atomic mass is 9.90. The Labute approximate surface area is 85.6 Å². The van der Waals surface area contributed by atoms with Gasteiger partial charge in [0.15, 0.2) is 0 Å². The fourth-order valence-corrected chi connectivity index (χ4v) is 1.88. The first-order valence-corrected chi connectivity index (χ1v) is 5.35. The Morgan fingerprint density at radius 3 is 1.50 bits per heavy atom. The second-order valence-electron chi connectivity index (χ2n) is 4.17. The molecule has 0 spiro atoms. The predicted octanol–water partition coefficient (Wildman–Crippen LogP) is 2.17. The summed E-state index contributed by atoms with van der Waals surface area (Å²) in [6.07, 6.45) is 9.36. The van der Waals surface area contributed by atoms with Gasteiger partial charge in [-0.3, -0.25) is 0 Å². The van der Waals surface area contributed by atoms with E-state index in [0.717, 1.165) is 13.2 Å². The zero-order valence-corrected chi connectivity index (χ0v) is 8.85. The van der Waals surface area contributed by atoms with Crippen molar-refractivity contribution in [3.63, 3.8) is 0 Å². The Hall–Kier alpha value is -0.600. The normalized spacial score (nSPS) is 42.7. The van der Waals surface area contributed by atoms with Crippen LogP contribution in [-0.4, -0.2) is 25.4 Å². The molecule has 0 amide bonds. The van der Waals surface area contributed by atoms with Gasteiger partial charge in [-0.2, -0.15) is 0 Å². The molecular formula is C12H18O2. The van der Waals surface area contributed by atoms with E-state index >= 15 is 0 Å². The van der Waals surface area contributed by atoms with E-state index in [1.54, 1.807) is 0 Å². The highest BCUT2D eigenvalue weighted by atomic mass is 16.5. The summed E-state index contributed by atoms with van der Waals surface area (Å²) >= 11 is 0. The summed E-state index contributed by atoms with van der Waals surface area (Å²) in [4.78, 5) is 0. The average Bonchev–Trinajstić information content (AvgIpc) is 2.21. The predicted molar refractivity (Wildman–Crippen MR) is 56.1 cm³/mol. The van der Waals surface area contributed by atoms with Crippen LogP contribution >= 0.6 is 0 Å². The minimum atomic E-state index is 0.277. The monoisotopic (exact) mass is 194 g/mol. The minimum absolute atomic E-state index is 0.277. The smallest absolute Gasteiger partial charge is 0.0728 e. The van der Waals surface area contributed by atoms with Crippen LogP contribution in [0.25, 0.3) is 0 Å². The van der Waals surface area contributed by atoms with Gasteiger partial charge in [0.2, 0.25) is 0 Å². The molecule has 0 aromatic rings. The average molecular weight is 194 g/mol. The zero-order chi connectivity index (χ0) is 9.97. The van der Waals surface area contributed by atoms with E-state index in [4.69, 9.17) is 9.47 Å². The van der Waals surface area contributed by atoms with E-state index in [1.165, 1.54) is 0 Å². The molecule has 0 fully saturated rings. The van der Waals surface area contributed by atoms with E-state index in [2.05, 4.69) is 38.2 Å². The minimum Gasteiger partial charge on any atom is -0.374 e. The Morgan fingerprint density at radius 2 is 1.21 bits per heavy atom. The second kappa shape index (κ2) is 4.28. The van der Waals surface area contributed by atoms with Crippen molar-refractivity contribution in [3.05, 3.63) is 24.3 Å². The van der Waals surface area contributed by atoms with Crippen molar-refractivity contribution in [2.45, 2.75) is 26.1 Å². The van der Waals surface area contributed by atoms with Crippen molar-refractivity contribution in [3.8, 4) is 0 Å². The van der Waals surface area contributed by atoms with Gasteiger partial charge in [0.1, 0.15) is 0 Å². The molecule has 2 rings (SSSR count). The quantitative estimate of drug-likeness (QED) is 0.596. The van der Waals surface area contributed by atoms with Crippen LogP contribution in [0, 0.1) is 11.8 Å². The summed E-state index contributed by atoms with van der Waals surface area (Å²) in [6, 6.07) is 0. The van der Waals surface area contributed by atoms with Crippen LogP contribution in [0.5, 0.6) is 0 Å². The van der Waals surface area contributed by atoms with Crippen molar-refractivity contribution in [1.29, 1.82) is 0 Å². The maximum absolute atomic E-state index is 5.59. The summed E-state index contributed by atoms with van der Waals surface area (Å²) in [5.41, 5.74) is 0. The molecule has 0 saturated carbocycles. The van der Waals surface area contributed by atoms with Crippen LogP contribution in [-0.2, 0) is 9.47 Å². The fourth-order valence-electron chi connectivity index (χ4n) is 1.88. The van der Waals surface area contributed by atoms with E-state index in [9.17, 15) is 0 Å². The number of hydrogen-bond acceptors (Lipinski definition) is 2. The van der Waals surface area contributed by atoms with Gasteiger partial charge in [0.25, 0.3) is 0 Å². The highest BCUT2D eigenvalue weighted by molar-refractivity contribution is 5.06. The Bertz CT molecular complexity index is 219. The molecule has 0 aromatic carbocycles. The van der Waals surface area contributed by atoms with Gasteiger partial charge in [-0.25, -0.2) is 0 Å². The first-order chi connectivity index (χ1) is 6.75. The molecule has 14 heavy (non-hydrogen) atoms. The van der Waals surface area contributed by atoms with Crippen molar-refractivity contribution >= 4 is 0 Å². The molecule has 0 N–H and O–H groups in total. The van der Waals surface area contributed by atoms with E-state index < -0.39 is 0 Å². The topological polar surface area (TPSA) is 18.5 Å². The molecule has 2 heteroatoms. The maximum Gasteiger partial charge on any atom is 0.0728 e. The van der Waals surface area contributed by atoms with E-state index in [0.29, 0.717) is 11.8 Å². The maximum atomic E-state index is 5.59. The zero-order valence-electron chi connectivity index (χ0n) is 8.85. The van der Waals surface area contributed by atoms with Gasteiger partial charge in [0.05, 0.1) is 25.4 Å². The SMILES string of the molecule is CC1C=CC(C2C=CC(C)OC2)CO1. The van der Waals surface area contributed by atoms with Crippen LogP contribution in [0.2, 0.25) is 0 Å². The highest BCUT2D eigenvalue weighted by Crippen LogP contribution is 2.24. The van der Waals surface area contributed by atoms with Crippen LogP contribution in [0.15, 0.2) is 24.3 Å². The molecule has 4 atom stereocenters. The van der Waals surface area contributed by atoms with Gasteiger partial charge in [-0.15, -0.1) is 0 Å². The Balaban J connectivity index is 1.96. The fraction of sp³-hybridized carbons (Fsp3) is 0.667. The summed E-state index contributed by atoms with van der Waals surface area (Å²) in [5, 5.41) is 0. The van der Waals surface area contributed by atoms with Crippen LogP contribution < -0.4 is 0 Å². The third-order valence-electron chi connectivity index (χ3n) is 2.91. The standard InChI is InChI=1S/C12H18O2/c1-9-3-5-11(7-13-9)12-6-4-10(2)14-8-12/h3-6,9-12H,7-8H2,1-2H3. The molecule has 2 aliphatic heterocycles. The largest absolute Gasteiger partial charge is 0.374 e. The van der Waals surface area contributed by atoms with Crippen molar-refractivity contribution in [2.75, 3.05) is 13.2 Å². The molecule has 0 saturated heterocycles.